The van der Waals surface area contributed by atoms with Crippen molar-refractivity contribution in [3.8, 4) is 11.3 Å². The Hall–Kier alpha value is -2.93. The van der Waals surface area contributed by atoms with Crippen LogP contribution in [-0.4, -0.2) is 27.1 Å². The second kappa shape index (κ2) is 8.07. The van der Waals surface area contributed by atoms with Crippen LogP contribution in [0.5, 0.6) is 0 Å². The van der Waals surface area contributed by atoms with Crippen LogP contribution in [0, 0.1) is 0 Å². The number of hydrogen-bond donors (Lipinski definition) is 2. The van der Waals surface area contributed by atoms with Crippen molar-refractivity contribution in [2.45, 2.75) is 37.6 Å². The minimum atomic E-state index is -0.115. The van der Waals surface area contributed by atoms with Crippen LogP contribution >= 0.6 is 15.9 Å². The van der Waals surface area contributed by atoms with E-state index >= 15 is 0 Å². The molecule has 1 aliphatic rings. The van der Waals surface area contributed by atoms with Crippen molar-refractivity contribution >= 4 is 32.9 Å². The summed E-state index contributed by atoms with van der Waals surface area (Å²) in [5.41, 5.74) is 3.95. The summed E-state index contributed by atoms with van der Waals surface area (Å²) in [4.78, 5) is 17.3. The third kappa shape index (κ3) is 3.89. The fourth-order valence-corrected chi connectivity index (χ4v) is 4.28. The Morgan fingerprint density at radius 2 is 1.83 bits per heavy atom. The molecular weight excluding hydrogens is 444 g/mol. The van der Waals surface area contributed by atoms with E-state index in [4.69, 9.17) is 4.42 Å². The first-order valence-electron chi connectivity index (χ1n) is 10.1. The number of aromatic amines is 1. The van der Waals surface area contributed by atoms with Gasteiger partial charge in [-0.3, -0.25) is 9.89 Å². The van der Waals surface area contributed by atoms with Crippen LogP contribution in [0.2, 0.25) is 0 Å². The van der Waals surface area contributed by atoms with Crippen LogP contribution in [0.4, 0.5) is 0 Å². The number of rotatable bonds is 4. The van der Waals surface area contributed by atoms with Crippen molar-refractivity contribution < 1.29 is 9.21 Å². The van der Waals surface area contributed by atoms with Gasteiger partial charge in [-0.25, -0.2) is 4.98 Å². The maximum atomic E-state index is 12.7. The van der Waals surface area contributed by atoms with Crippen LogP contribution in [0.25, 0.3) is 22.4 Å². The number of fused-ring (bicyclic) bond motifs is 1. The van der Waals surface area contributed by atoms with E-state index in [1.165, 1.54) is 0 Å². The van der Waals surface area contributed by atoms with Gasteiger partial charge in [0.1, 0.15) is 11.2 Å². The molecule has 7 heteroatoms. The highest BCUT2D eigenvalue weighted by atomic mass is 79.9. The number of carbonyl (C=O) groups excluding carboxylic acids is 1. The molecule has 2 N–H and O–H groups in total. The van der Waals surface area contributed by atoms with Gasteiger partial charge >= 0.3 is 0 Å². The Labute approximate surface area is 182 Å². The quantitative estimate of drug-likeness (QED) is 0.421. The Bertz CT molecular complexity index is 1140. The molecule has 0 spiro atoms. The van der Waals surface area contributed by atoms with E-state index < -0.39 is 0 Å². The third-order valence-corrected chi connectivity index (χ3v) is 6.21. The standard InChI is InChI=1S/C23H21BrN4O2/c24-16-9-5-14(6-10-16)19-13-20(28-27-19)22(29)25-17-11-7-15(8-12-17)23-26-18-3-1-2-4-21(18)30-23/h1-6,9-10,13,15,17H,7-8,11-12H2,(H,25,29)(H,27,28). The van der Waals surface area contributed by atoms with Gasteiger partial charge in [0, 0.05) is 22.0 Å². The lowest BCUT2D eigenvalue weighted by molar-refractivity contribution is 0.0920. The van der Waals surface area contributed by atoms with Crippen molar-refractivity contribution in [1.82, 2.24) is 20.5 Å². The Morgan fingerprint density at radius 1 is 1.07 bits per heavy atom. The molecule has 152 valence electrons. The number of hydrogen-bond acceptors (Lipinski definition) is 4. The van der Waals surface area contributed by atoms with Crippen LogP contribution in [0.3, 0.4) is 0 Å². The van der Waals surface area contributed by atoms with Gasteiger partial charge < -0.3 is 9.73 Å². The summed E-state index contributed by atoms with van der Waals surface area (Å²) in [6.07, 6.45) is 3.71. The summed E-state index contributed by atoms with van der Waals surface area (Å²) in [6.45, 7) is 0. The van der Waals surface area contributed by atoms with Gasteiger partial charge in [0.2, 0.25) is 0 Å². The second-order valence-corrected chi connectivity index (χ2v) is 8.63. The number of benzene rings is 2. The summed E-state index contributed by atoms with van der Waals surface area (Å²) < 4.78 is 6.94. The second-order valence-electron chi connectivity index (χ2n) is 7.72. The number of aromatic nitrogens is 3. The zero-order chi connectivity index (χ0) is 20.5. The van der Waals surface area contributed by atoms with E-state index in [-0.39, 0.29) is 11.9 Å². The van der Waals surface area contributed by atoms with Crippen molar-refractivity contribution in [1.29, 1.82) is 0 Å². The lowest BCUT2D eigenvalue weighted by Crippen LogP contribution is -2.37. The van der Waals surface area contributed by atoms with E-state index in [1.54, 1.807) is 6.07 Å². The highest BCUT2D eigenvalue weighted by molar-refractivity contribution is 9.10. The number of para-hydroxylation sites is 2. The third-order valence-electron chi connectivity index (χ3n) is 5.68. The SMILES string of the molecule is O=C(NC1CCC(c2nc3ccccc3o2)CC1)c1cc(-c2ccc(Br)cc2)n[nH]1. The highest BCUT2D eigenvalue weighted by Gasteiger charge is 2.27. The summed E-state index contributed by atoms with van der Waals surface area (Å²) in [6, 6.07) is 17.6. The van der Waals surface area contributed by atoms with Gasteiger partial charge in [-0.2, -0.15) is 5.10 Å². The Balaban J connectivity index is 1.19. The molecule has 0 radical (unpaired) electrons. The molecule has 0 atom stereocenters. The first kappa shape index (κ1) is 19.1. The molecule has 2 aromatic carbocycles. The first-order valence-corrected chi connectivity index (χ1v) is 10.9. The number of carbonyl (C=O) groups is 1. The molecule has 0 aliphatic heterocycles. The van der Waals surface area contributed by atoms with E-state index in [1.807, 2.05) is 48.5 Å². The Morgan fingerprint density at radius 3 is 2.60 bits per heavy atom. The van der Waals surface area contributed by atoms with Gasteiger partial charge in [0.25, 0.3) is 5.91 Å². The molecule has 2 heterocycles. The molecule has 1 saturated carbocycles. The maximum absolute atomic E-state index is 12.7. The van der Waals surface area contributed by atoms with Crippen LogP contribution in [0.1, 0.15) is 48.0 Å². The predicted octanol–water partition coefficient (Wildman–Crippen LogP) is 5.44. The number of H-pyrrole nitrogens is 1. The van der Waals surface area contributed by atoms with Gasteiger partial charge in [0.15, 0.2) is 11.5 Å². The topological polar surface area (TPSA) is 83.8 Å². The average Bonchev–Trinajstić information content (AvgIpc) is 3.42. The maximum Gasteiger partial charge on any atom is 0.269 e. The molecule has 0 unspecified atom stereocenters. The van der Waals surface area contributed by atoms with Crippen molar-refractivity contribution in [2.75, 3.05) is 0 Å². The normalized spacial score (nSPS) is 19.1. The number of halogens is 1. The predicted molar refractivity (Wildman–Crippen MR) is 118 cm³/mol. The lowest BCUT2D eigenvalue weighted by Gasteiger charge is -2.27. The number of oxazole rings is 1. The Kier molecular flexibility index (Phi) is 5.12. The minimum Gasteiger partial charge on any atom is -0.440 e. The fourth-order valence-electron chi connectivity index (χ4n) is 4.02. The summed E-state index contributed by atoms with van der Waals surface area (Å²) >= 11 is 3.43. The number of amides is 1. The number of nitrogens with zero attached hydrogens (tertiary/aromatic N) is 2. The van der Waals surface area contributed by atoms with Gasteiger partial charge in [-0.15, -0.1) is 0 Å². The first-order chi connectivity index (χ1) is 14.7. The molecule has 5 rings (SSSR count). The smallest absolute Gasteiger partial charge is 0.269 e. The molecular formula is C23H21BrN4O2. The van der Waals surface area contributed by atoms with E-state index in [2.05, 4.69) is 36.4 Å². The summed E-state index contributed by atoms with van der Waals surface area (Å²) in [5.74, 6) is 1.01. The zero-order valence-corrected chi connectivity index (χ0v) is 17.9. The molecule has 1 amide bonds. The van der Waals surface area contributed by atoms with E-state index in [0.29, 0.717) is 11.6 Å². The lowest BCUT2D eigenvalue weighted by atomic mass is 9.86. The van der Waals surface area contributed by atoms with Crippen molar-refractivity contribution in [3.63, 3.8) is 0 Å². The molecule has 0 bridgehead atoms. The summed E-state index contributed by atoms with van der Waals surface area (Å²) in [7, 11) is 0. The fraction of sp³-hybridized carbons (Fsp3) is 0.261. The molecule has 6 nitrogen and oxygen atoms in total. The van der Waals surface area contributed by atoms with Gasteiger partial charge in [0.05, 0.1) is 5.69 Å². The van der Waals surface area contributed by atoms with E-state index in [9.17, 15) is 4.79 Å². The largest absolute Gasteiger partial charge is 0.440 e. The zero-order valence-electron chi connectivity index (χ0n) is 16.3. The van der Waals surface area contributed by atoms with Crippen molar-refractivity contribution in [2.24, 2.45) is 0 Å². The van der Waals surface area contributed by atoms with Crippen molar-refractivity contribution in [3.05, 3.63) is 70.7 Å². The van der Waals surface area contributed by atoms with E-state index in [0.717, 1.165) is 58.4 Å². The monoisotopic (exact) mass is 464 g/mol. The molecule has 1 aliphatic carbocycles. The molecule has 4 aromatic rings. The van der Waals surface area contributed by atoms with Crippen LogP contribution < -0.4 is 5.32 Å². The molecule has 0 saturated heterocycles. The van der Waals surface area contributed by atoms with Gasteiger partial charge in [-0.1, -0.05) is 40.2 Å². The molecule has 2 aromatic heterocycles. The minimum absolute atomic E-state index is 0.115. The molecule has 30 heavy (non-hydrogen) atoms. The van der Waals surface area contributed by atoms with Crippen LogP contribution in [-0.2, 0) is 0 Å². The van der Waals surface area contributed by atoms with Gasteiger partial charge in [-0.05, 0) is 56.0 Å². The molecule has 1 fully saturated rings. The van der Waals surface area contributed by atoms with Crippen LogP contribution in [0.15, 0.2) is 63.5 Å². The summed E-state index contributed by atoms with van der Waals surface area (Å²) in [5, 5.41) is 10.3. The number of nitrogens with one attached hydrogen (secondary N) is 2. The average molecular weight is 465 g/mol. The highest BCUT2D eigenvalue weighted by Crippen LogP contribution is 2.34.